The highest BCUT2D eigenvalue weighted by molar-refractivity contribution is 5.89. The quantitative estimate of drug-likeness (QED) is 0.242. The molecule has 0 amide bonds. The number of ether oxygens (including phenoxy) is 1. The van der Waals surface area contributed by atoms with Crippen molar-refractivity contribution in [3.05, 3.63) is 132 Å². The smallest absolute Gasteiger partial charge is 0.339 e. The van der Waals surface area contributed by atoms with Crippen molar-refractivity contribution < 1.29 is 9.53 Å². The van der Waals surface area contributed by atoms with E-state index in [0.717, 1.165) is 16.7 Å². The molecule has 1 unspecified atom stereocenters. The molecule has 0 bridgehead atoms. The molecule has 0 N–H and O–H groups in total. The predicted molar refractivity (Wildman–Crippen MR) is 137 cm³/mol. The van der Waals surface area contributed by atoms with Crippen LogP contribution in [0.5, 0.6) is 0 Å². The van der Waals surface area contributed by atoms with Gasteiger partial charge in [0.05, 0.1) is 5.56 Å². The second kappa shape index (κ2) is 10.9. The Labute approximate surface area is 201 Å². The normalized spacial score (nSPS) is 11.9. The standard InChI is InChI=1S/C32H24O2/c1-2-32(30-19-10-5-11-20-30,34-31(33)29-17-8-4-9-18-29)25-13-12-14-26-21-23-28(24-22-26)27-15-6-3-7-16-27/h1,3-11,15-24H,13,25H2. The first-order valence-electron chi connectivity index (χ1n) is 11.2. The number of terminal acetylenes is 1. The van der Waals surface area contributed by atoms with Crippen LogP contribution in [0.25, 0.3) is 11.1 Å². The average molecular weight is 441 g/mol. The van der Waals surface area contributed by atoms with Crippen molar-refractivity contribution in [2.45, 2.75) is 18.4 Å². The van der Waals surface area contributed by atoms with E-state index in [4.69, 9.17) is 11.2 Å². The average Bonchev–Trinajstić information content (AvgIpc) is 2.92. The summed E-state index contributed by atoms with van der Waals surface area (Å²) in [5.41, 5.74) is 3.27. The van der Waals surface area contributed by atoms with Gasteiger partial charge < -0.3 is 4.74 Å². The number of benzene rings is 4. The number of carbonyl (C=O) groups excluding carboxylic acids is 1. The number of rotatable bonds is 6. The maximum Gasteiger partial charge on any atom is 0.339 e. The van der Waals surface area contributed by atoms with Gasteiger partial charge in [-0.1, -0.05) is 109 Å². The highest BCUT2D eigenvalue weighted by atomic mass is 16.6. The van der Waals surface area contributed by atoms with Gasteiger partial charge in [0.25, 0.3) is 0 Å². The summed E-state index contributed by atoms with van der Waals surface area (Å²) in [6.45, 7) is 0. The molecule has 0 saturated heterocycles. The zero-order valence-corrected chi connectivity index (χ0v) is 18.8. The molecule has 0 radical (unpaired) electrons. The summed E-state index contributed by atoms with van der Waals surface area (Å²) in [5, 5.41) is 0. The van der Waals surface area contributed by atoms with E-state index in [9.17, 15) is 4.79 Å². The molecule has 0 heterocycles. The minimum atomic E-state index is -1.19. The molecule has 164 valence electrons. The zero-order valence-electron chi connectivity index (χ0n) is 18.8. The van der Waals surface area contributed by atoms with Crippen LogP contribution >= 0.6 is 0 Å². The Kier molecular flexibility index (Phi) is 7.24. The lowest BCUT2D eigenvalue weighted by molar-refractivity contribution is 0.00309. The number of esters is 1. The summed E-state index contributed by atoms with van der Waals surface area (Å²) >= 11 is 0. The summed E-state index contributed by atoms with van der Waals surface area (Å²) < 4.78 is 5.93. The summed E-state index contributed by atoms with van der Waals surface area (Å²) in [7, 11) is 0. The lowest BCUT2D eigenvalue weighted by atomic mass is 9.89. The molecule has 4 aromatic rings. The topological polar surface area (TPSA) is 26.3 Å². The van der Waals surface area contributed by atoms with Crippen molar-refractivity contribution in [3.63, 3.8) is 0 Å². The Morgan fingerprint density at radius 3 is 1.91 bits per heavy atom. The molecule has 1 atom stereocenters. The molecular weight excluding hydrogens is 416 g/mol. The maximum atomic E-state index is 12.8. The fraction of sp³-hybridized carbons (Fsp3) is 0.0938. The van der Waals surface area contributed by atoms with Crippen LogP contribution < -0.4 is 0 Å². The molecule has 2 nitrogen and oxygen atoms in total. The molecule has 2 heteroatoms. The molecular formula is C32H24O2. The van der Waals surface area contributed by atoms with Crippen LogP contribution in [0, 0.1) is 24.2 Å². The first kappa shape index (κ1) is 22.7. The fourth-order valence-electron chi connectivity index (χ4n) is 3.72. The van der Waals surface area contributed by atoms with E-state index in [1.54, 1.807) is 24.3 Å². The van der Waals surface area contributed by atoms with Crippen molar-refractivity contribution >= 4 is 5.97 Å². The number of carbonyl (C=O) groups is 1. The third kappa shape index (κ3) is 5.44. The van der Waals surface area contributed by atoms with Crippen molar-refractivity contribution in [1.29, 1.82) is 0 Å². The van der Waals surface area contributed by atoms with E-state index in [1.165, 1.54) is 5.56 Å². The maximum absolute atomic E-state index is 12.8. The Hall–Kier alpha value is -4.53. The molecule has 0 spiro atoms. The number of hydrogen-bond acceptors (Lipinski definition) is 2. The molecule has 4 rings (SSSR count). The van der Waals surface area contributed by atoms with Gasteiger partial charge in [-0.2, -0.15) is 0 Å². The van der Waals surface area contributed by atoms with E-state index >= 15 is 0 Å². The van der Waals surface area contributed by atoms with Crippen molar-refractivity contribution in [2.75, 3.05) is 0 Å². The van der Waals surface area contributed by atoms with Crippen molar-refractivity contribution in [1.82, 2.24) is 0 Å². The van der Waals surface area contributed by atoms with Crippen LogP contribution in [0.2, 0.25) is 0 Å². The van der Waals surface area contributed by atoms with Gasteiger partial charge in [-0.05, 0) is 35.4 Å². The minimum Gasteiger partial charge on any atom is -0.438 e. The first-order chi connectivity index (χ1) is 16.7. The molecule has 0 saturated carbocycles. The van der Waals surface area contributed by atoms with E-state index in [0.29, 0.717) is 18.4 Å². The van der Waals surface area contributed by atoms with Gasteiger partial charge in [0, 0.05) is 24.0 Å². The van der Waals surface area contributed by atoms with Gasteiger partial charge in [-0.15, -0.1) is 6.42 Å². The molecule has 0 fully saturated rings. The summed E-state index contributed by atoms with van der Waals surface area (Å²) in [6.07, 6.45) is 6.82. The highest BCUT2D eigenvalue weighted by Gasteiger charge is 2.34. The fourth-order valence-corrected chi connectivity index (χ4v) is 3.72. The van der Waals surface area contributed by atoms with Gasteiger partial charge in [-0.3, -0.25) is 0 Å². The second-order valence-electron chi connectivity index (χ2n) is 7.84. The first-order valence-corrected chi connectivity index (χ1v) is 11.2. The highest BCUT2D eigenvalue weighted by Crippen LogP contribution is 2.31. The molecule has 4 aromatic carbocycles. The van der Waals surface area contributed by atoms with Gasteiger partial charge in [0.1, 0.15) is 0 Å². The third-order valence-corrected chi connectivity index (χ3v) is 5.58. The van der Waals surface area contributed by atoms with Crippen LogP contribution in [-0.4, -0.2) is 5.97 Å². The van der Waals surface area contributed by atoms with Gasteiger partial charge >= 0.3 is 5.97 Å². The Morgan fingerprint density at radius 2 is 1.29 bits per heavy atom. The van der Waals surface area contributed by atoms with E-state index in [2.05, 4.69) is 42.0 Å². The third-order valence-electron chi connectivity index (χ3n) is 5.58. The van der Waals surface area contributed by atoms with Crippen LogP contribution in [-0.2, 0) is 10.3 Å². The predicted octanol–water partition coefficient (Wildman–Crippen LogP) is 6.87. The molecule has 34 heavy (non-hydrogen) atoms. The van der Waals surface area contributed by atoms with E-state index < -0.39 is 11.6 Å². The zero-order chi connectivity index (χ0) is 23.6. The Balaban J connectivity index is 1.50. The van der Waals surface area contributed by atoms with Crippen LogP contribution in [0.4, 0.5) is 0 Å². The lowest BCUT2D eigenvalue weighted by Crippen LogP contribution is -2.31. The van der Waals surface area contributed by atoms with Gasteiger partial charge in [-0.25, -0.2) is 4.79 Å². The summed E-state index contributed by atoms with van der Waals surface area (Å²) in [6, 6.07) is 36.7. The van der Waals surface area contributed by atoms with Crippen molar-refractivity contribution in [3.8, 4) is 35.3 Å². The summed E-state index contributed by atoms with van der Waals surface area (Å²) in [4.78, 5) is 12.8. The molecule has 0 aliphatic carbocycles. The van der Waals surface area contributed by atoms with Crippen LogP contribution in [0.3, 0.4) is 0 Å². The largest absolute Gasteiger partial charge is 0.438 e. The molecule has 0 aliphatic heterocycles. The Morgan fingerprint density at radius 1 is 0.735 bits per heavy atom. The van der Waals surface area contributed by atoms with Crippen LogP contribution in [0.1, 0.15) is 34.3 Å². The number of hydrogen-bond donors (Lipinski definition) is 0. The van der Waals surface area contributed by atoms with E-state index in [1.807, 2.05) is 66.7 Å². The molecule has 0 aromatic heterocycles. The lowest BCUT2D eigenvalue weighted by Gasteiger charge is -2.28. The van der Waals surface area contributed by atoms with Gasteiger partial charge in [0.15, 0.2) is 5.60 Å². The SMILES string of the molecule is C#CC(CCC#Cc1ccc(-c2ccccc2)cc1)(OC(=O)c1ccccc1)c1ccccc1. The van der Waals surface area contributed by atoms with Crippen molar-refractivity contribution in [2.24, 2.45) is 0 Å². The van der Waals surface area contributed by atoms with E-state index in [-0.39, 0.29) is 0 Å². The molecule has 0 aliphatic rings. The summed E-state index contributed by atoms with van der Waals surface area (Å²) in [5.74, 6) is 8.69. The minimum absolute atomic E-state index is 0.390. The monoisotopic (exact) mass is 440 g/mol. The Bertz CT molecular complexity index is 1320. The van der Waals surface area contributed by atoms with Gasteiger partial charge in [0.2, 0.25) is 0 Å². The second-order valence-corrected chi connectivity index (χ2v) is 7.84. The van der Waals surface area contributed by atoms with Crippen LogP contribution in [0.15, 0.2) is 115 Å².